The Hall–Kier alpha value is -0.0700. The summed E-state index contributed by atoms with van der Waals surface area (Å²) < 4.78 is 6.34. The predicted molar refractivity (Wildman–Crippen MR) is 67.9 cm³/mol. The Balaban J connectivity index is 2.96. The first-order chi connectivity index (χ1) is 6.58. The molecule has 1 aromatic carbocycles. The molecule has 72 valence electrons. The molecule has 2 rings (SSSR count). The van der Waals surface area contributed by atoms with E-state index in [2.05, 4.69) is 15.9 Å². The van der Waals surface area contributed by atoms with Gasteiger partial charge in [0.05, 0.1) is 8.04 Å². The first-order valence-electron chi connectivity index (χ1n) is 3.66. The van der Waals surface area contributed by atoms with Crippen LogP contribution >= 0.6 is 50.1 Å². The first kappa shape index (κ1) is 10.4. The third kappa shape index (κ3) is 1.83. The fourth-order valence-corrected chi connectivity index (χ4v) is 2.49. The van der Waals surface area contributed by atoms with Gasteiger partial charge >= 0.3 is 5.63 Å². The molecule has 14 heavy (non-hydrogen) atoms. The minimum absolute atomic E-state index is 0.332. The Morgan fingerprint density at radius 1 is 1.36 bits per heavy atom. The topological polar surface area (TPSA) is 30.2 Å². The molecule has 0 N–H and O–H groups in total. The quantitative estimate of drug-likeness (QED) is 0.510. The van der Waals surface area contributed by atoms with Gasteiger partial charge in [-0.2, -0.15) is 0 Å². The summed E-state index contributed by atoms with van der Waals surface area (Å²) in [4.78, 5) is 11.2. The highest BCUT2D eigenvalue weighted by Gasteiger charge is 2.06. The summed E-state index contributed by atoms with van der Waals surface area (Å²) in [5.74, 6) is 0. The molecule has 0 amide bonds. The smallest absolute Gasteiger partial charge is 0.349 e. The Bertz CT molecular complexity index is 564. The van der Waals surface area contributed by atoms with E-state index >= 15 is 0 Å². The first-order valence-corrected chi connectivity index (χ1v) is 5.91. The molecule has 0 aliphatic carbocycles. The van der Waals surface area contributed by atoms with Crippen LogP contribution in [0.3, 0.4) is 0 Å². The molecule has 0 saturated carbocycles. The number of halogens is 3. The van der Waals surface area contributed by atoms with Crippen LogP contribution in [0.4, 0.5) is 0 Å². The maximum Gasteiger partial charge on any atom is 0.349 e. The zero-order valence-corrected chi connectivity index (χ0v) is 11.2. The average Bonchev–Trinajstić information content (AvgIpc) is 2.08. The SMILES string of the molecule is O=c1oc2c(Br)cc(Cl)cc2cc1I. The second-order valence-electron chi connectivity index (χ2n) is 2.69. The van der Waals surface area contributed by atoms with Gasteiger partial charge in [0.25, 0.3) is 0 Å². The second-order valence-corrected chi connectivity index (χ2v) is 5.14. The molecule has 0 aliphatic heterocycles. The minimum atomic E-state index is -0.332. The van der Waals surface area contributed by atoms with Crippen molar-refractivity contribution in [3.05, 3.63) is 41.7 Å². The molecule has 0 saturated heterocycles. The van der Waals surface area contributed by atoms with Crippen LogP contribution < -0.4 is 5.63 Å². The van der Waals surface area contributed by atoms with Crippen LogP contribution in [0.2, 0.25) is 5.02 Å². The zero-order chi connectivity index (χ0) is 10.3. The summed E-state index contributed by atoms with van der Waals surface area (Å²) in [5.41, 5.74) is 0.195. The molecule has 0 spiro atoms. The molecule has 0 aliphatic rings. The summed E-state index contributed by atoms with van der Waals surface area (Å²) in [6.07, 6.45) is 0. The van der Waals surface area contributed by atoms with Crippen LogP contribution in [0, 0.1) is 3.57 Å². The third-order valence-electron chi connectivity index (χ3n) is 1.71. The molecule has 2 aromatic rings. The average molecular weight is 385 g/mol. The summed E-state index contributed by atoms with van der Waals surface area (Å²) in [6.45, 7) is 0. The Morgan fingerprint density at radius 3 is 2.79 bits per heavy atom. The van der Waals surface area contributed by atoms with Gasteiger partial charge in [-0.25, -0.2) is 4.79 Å². The van der Waals surface area contributed by atoms with E-state index in [0.717, 1.165) is 5.39 Å². The summed E-state index contributed by atoms with van der Waals surface area (Å²) in [6, 6.07) is 5.20. The fraction of sp³-hybridized carbons (Fsp3) is 0. The molecule has 0 radical (unpaired) electrons. The maximum atomic E-state index is 11.2. The van der Waals surface area contributed by atoms with Crippen molar-refractivity contribution in [1.82, 2.24) is 0 Å². The molecule has 1 heterocycles. The van der Waals surface area contributed by atoms with E-state index in [4.69, 9.17) is 16.0 Å². The number of hydrogen-bond donors (Lipinski definition) is 0. The summed E-state index contributed by atoms with van der Waals surface area (Å²) in [5, 5.41) is 1.42. The van der Waals surface area contributed by atoms with Gasteiger partial charge in [-0.1, -0.05) is 11.6 Å². The molecular weight excluding hydrogens is 382 g/mol. The van der Waals surface area contributed by atoms with E-state index < -0.39 is 0 Å². The van der Waals surface area contributed by atoms with Crippen molar-refractivity contribution >= 4 is 61.1 Å². The molecule has 0 fully saturated rings. The van der Waals surface area contributed by atoms with Crippen LogP contribution in [0.15, 0.2) is 31.9 Å². The Labute approximate surface area is 107 Å². The second kappa shape index (κ2) is 3.83. The molecule has 5 heteroatoms. The van der Waals surface area contributed by atoms with Crippen molar-refractivity contribution in [3.8, 4) is 0 Å². The molecular formula is C9H3BrClIO2. The van der Waals surface area contributed by atoms with Crippen molar-refractivity contribution in [2.45, 2.75) is 0 Å². The maximum absolute atomic E-state index is 11.2. The number of rotatable bonds is 0. The molecule has 2 nitrogen and oxygen atoms in total. The predicted octanol–water partition coefficient (Wildman–Crippen LogP) is 3.81. The van der Waals surface area contributed by atoms with Crippen LogP contribution in [0.5, 0.6) is 0 Å². The minimum Gasteiger partial charge on any atom is -0.421 e. The van der Waals surface area contributed by atoms with Gasteiger partial charge in [0.1, 0.15) is 0 Å². The fourth-order valence-electron chi connectivity index (χ4n) is 1.13. The van der Waals surface area contributed by atoms with E-state index in [9.17, 15) is 4.79 Å². The van der Waals surface area contributed by atoms with E-state index in [0.29, 0.717) is 18.6 Å². The number of benzene rings is 1. The van der Waals surface area contributed by atoms with Crippen molar-refractivity contribution in [2.75, 3.05) is 0 Å². The van der Waals surface area contributed by atoms with Crippen molar-refractivity contribution in [2.24, 2.45) is 0 Å². The summed E-state index contributed by atoms with van der Waals surface area (Å²) >= 11 is 11.1. The van der Waals surface area contributed by atoms with Crippen molar-refractivity contribution in [3.63, 3.8) is 0 Å². The van der Waals surface area contributed by atoms with Gasteiger partial charge in [0.2, 0.25) is 0 Å². The van der Waals surface area contributed by atoms with E-state index in [-0.39, 0.29) is 5.63 Å². The monoisotopic (exact) mass is 384 g/mol. The van der Waals surface area contributed by atoms with Crippen LogP contribution in [-0.2, 0) is 0 Å². The number of hydrogen-bond acceptors (Lipinski definition) is 2. The van der Waals surface area contributed by atoms with Crippen LogP contribution in [0.1, 0.15) is 0 Å². The lowest BCUT2D eigenvalue weighted by Crippen LogP contribution is -2.02. The highest BCUT2D eigenvalue weighted by molar-refractivity contribution is 14.1. The molecule has 1 aromatic heterocycles. The van der Waals surface area contributed by atoms with Gasteiger partial charge in [0, 0.05) is 10.4 Å². The zero-order valence-electron chi connectivity index (χ0n) is 6.68. The van der Waals surface area contributed by atoms with E-state index in [1.54, 1.807) is 18.2 Å². The standard InChI is InChI=1S/C9H3BrClIO2/c10-6-3-5(11)1-4-2-7(12)9(13)14-8(4)6/h1-3H. The van der Waals surface area contributed by atoms with Crippen LogP contribution in [-0.4, -0.2) is 0 Å². The molecule has 0 bridgehead atoms. The Kier molecular flexibility index (Phi) is 2.86. The number of fused-ring (bicyclic) bond motifs is 1. The van der Waals surface area contributed by atoms with E-state index in [1.165, 1.54) is 0 Å². The lowest BCUT2D eigenvalue weighted by Gasteiger charge is -2.00. The third-order valence-corrected chi connectivity index (χ3v) is 3.27. The van der Waals surface area contributed by atoms with Gasteiger partial charge in [-0.3, -0.25) is 0 Å². The Morgan fingerprint density at radius 2 is 2.07 bits per heavy atom. The molecule has 0 unspecified atom stereocenters. The van der Waals surface area contributed by atoms with Gasteiger partial charge in [-0.15, -0.1) is 0 Å². The normalized spacial score (nSPS) is 10.8. The largest absolute Gasteiger partial charge is 0.421 e. The highest BCUT2D eigenvalue weighted by Crippen LogP contribution is 2.27. The lowest BCUT2D eigenvalue weighted by molar-refractivity contribution is 0.554. The van der Waals surface area contributed by atoms with E-state index in [1.807, 2.05) is 22.6 Å². The highest BCUT2D eigenvalue weighted by atomic mass is 127. The molecule has 0 atom stereocenters. The van der Waals surface area contributed by atoms with Gasteiger partial charge in [-0.05, 0) is 56.7 Å². The van der Waals surface area contributed by atoms with Crippen LogP contribution in [0.25, 0.3) is 11.0 Å². The van der Waals surface area contributed by atoms with Gasteiger partial charge < -0.3 is 4.42 Å². The van der Waals surface area contributed by atoms with Crippen molar-refractivity contribution in [1.29, 1.82) is 0 Å². The van der Waals surface area contributed by atoms with Crippen molar-refractivity contribution < 1.29 is 4.42 Å². The van der Waals surface area contributed by atoms with Gasteiger partial charge in [0.15, 0.2) is 5.58 Å². The lowest BCUT2D eigenvalue weighted by atomic mass is 10.2. The summed E-state index contributed by atoms with van der Waals surface area (Å²) in [7, 11) is 0.